The molecule has 1 aliphatic rings. The van der Waals surface area contributed by atoms with Crippen LogP contribution in [0.3, 0.4) is 0 Å². The lowest BCUT2D eigenvalue weighted by atomic mass is 9.93. The second-order valence-corrected chi connectivity index (χ2v) is 5.63. The van der Waals surface area contributed by atoms with E-state index in [1.165, 1.54) is 32.1 Å². The van der Waals surface area contributed by atoms with Gasteiger partial charge in [0.05, 0.1) is 6.04 Å². The van der Waals surface area contributed by atoms with Gasteiger partial charge in [-0.2, -0.15) is 0 Å². The Hall–Kier alpha value is -0.320. The van der Waals surface area contributed by atoms with Crippen LogP contribution in [0.15, 0.2) is 21.2 Å². The third-order valence-corrected chi connectivity index (χ3v) is 4.21. The van der Waals surface area contributed by atoms with E-state index in [0.717, 1.165) is 10.4 Å². The summed E-state index contributed by atoms with van der Waals surface area (Å²) in [5, 5.41) is 0. The number of furan rings is 1. The van der Waals surface area contributed by atoms with Gasteiger partial charge in [0.25, 0.3) is 0 Å². The van der Waals surface area contributed by atoms with Crippen LogP contribution in [0.4, 0.5) is 0 Å². The average Bonchev–Trinajstić information content (AvgIpc) is 2.78. The minimum Gasteiger partial charge on any atom is -0.453 e. The van der Waals surface area contributed by atoms with Crippen molar-refractivity contribution in [2.24, 2.45) is 5.73 Å². The fourth-order valence-corrected chi connectivity index (χ4v) is 3.05. The van der Waals surface area contributed by atoms with E-state index in [9.17, 15) is 0 Å². The molecule has 0 amide bonds. The summed E-state index contributed by atoms with van der Waals surface area (Å²) in [4.78, 5) is 2.39. The molecule has 2 N–H and O–H groups in total. The van der Waals surface area contributed by atoms with Crippen LogP contribution in [0.1, 0.15) is 43.9 Å². The minimum atomic E-state index is 0.199. The van der Waals surface area contributed by atoms with Crippen molar-refractivity contribution in [3.63, 3.8) is 0 Å². The Morgan fingerprint density at radius 3 is 2.65 bits per heavy atom. The van der Waals surface area contributed by atoms with Gasteiger partial charge >= 0.3 is 0 Å². The monoisotopic (exact) mass is 300 g/mol. The Morgan fingerprint density at radius 1 is 1.41 bits per heavy atom. The molecular weight excluding hydrogens is 280 g/mol. The normalized spacial score (nSPS) is 19.8. The smallest absolute Gasteiger partial charge is 0.169 e. The first kappa shape index (κ1) is 13.1. The highest BCUT2D eigenvalue weighted by Crippen LogP contribution is 2.30. The van der Waals surface area contributed by atoms with Gasteiger partial charge in [0.2, 0.25) is 0 Å². The zero-order chi connectivity index (χ0) is 12.3. The van der Waals surface area contributed by atoms with Gasteiger partial charge in [-0.1, -0.05) is 19.3 Å². The first-order valence-electron chi connectivity index (χ1n) is 6.39. The van der Waals surface area contributed by atoms with E-state index in [1.54, 1.807) is 0 Å². The largest absolute Gasteiger partial charge is 0.453 e. The van der Waals surface area contributed by atoms with Crippen LogP contribution in [-0.4, -0.2) is 24.5 Å². The maximum absolute atomic E-state index is 5.90. The second kappa shape index (κ2) is 6.03. The first-order valence-corrected chi connectivity index (χ1v) is 7.19. The lowest BCUT2D eigenvalue weighted by molar-refractivity contribution is 0.126. The summed E-state index contributed by atoms with van der Waals surface area (Å²) >= 11 is 3.35. The summed E-state index contributed by atoms with van der Waals surface area (Å²) in [5.74, 6) is 0.965. The highest BCUT2D eigenvalue weighted by atomic mass is 79.9. The van der Waals surface area contributed by atoms with E-state index >= 15 is 0 Å². The minimum absolute atomic E-state index is 0.199. The number of hydrogen-bond acceptors (Lipinski definition) is 3. The third-order valence-electron chi connectivity index (χ3n) is 3.79. The molecule has 1 atom stereocenters. The molecule has 1 aromatic heterocycles. The van der Waals surface area contributed by atoms with Gasteiger partial charge in [-0.25, -0.2) is 0 Å². The Bertz CT molecular complexity index is 347. The Labute approximate surface area is 111 Å². The molecule has 1 aliphatic carbocycles. The molecule has 96 valence electrons. The molecule has 1 unspecified atom stereocenters. The van der Waals surface area contributed by atoms with E-state index in [2.05, 4.69) is 27.9 Å². The van der Waals surface area contributed by atoms with E-state index in [-0.39, 0.29) is 6.04 Å². The molecule has 1 fully saturated rings. The quantitative estimate of drug-likeness (QED) is 0.928. The van der Waals surface area contributed by atoms with Gasteiger partial charge in [0.15, 0.2) is 4.67 Å². The molecular formula is C13H21BrN2O. The number of halogens is 1. The molecule has 0 spiro atoms. The molecule has 2 rings (SSSR count). The topological polar surface area (TPSA) is 42.4 Å². The summed E-state index contributed by atoms with van der Waals surface area (Å²) in [6.45, 7) is 0.604. The van der Waals surface area contributed by atoms with Gasteiger partial charge in [0.1, 0.15) is 5.76 Å². The lowest BCUT2D eigenvalue weighted by Gasteiger charge is -2.35. The van der Waals surface area contributed by atoms with Crippen molar-refractivity contribution in [2.75, 3.05) is 13.6 Å². The number of likely N-dealkylation sites (N-methyl/N-ethyl adjacent to an activating group) is 1. The fraction of sp³-hybridized carbons (Fsp3) is 0.692. The van der Waals surface area contributed by atoms with E-state index in [0.29, 0.717) is 12.6 Å². The van der Waals surface area contributed by atoms with Crippen LogP contribution in [-0.2, 0) is 0 Å². The molecule has 0 saturated heterocycles. The molecule has 1 saturated carbocycles. The van der Waals surface area contributed by atoms with Crippen molar-refractivity contribution in [1.82, 2.24) is 4.90 Å². The van der Waals surface area contributed by atoms with Crippen molar-refractivity contribution in [3.05, 3.63) is 22.6 Å². The van der Waals surface area contributed by atoms with Crippen LogP contribution in [0.2, 0.25) is 0 Å². The number of hydrogen-bond donors (Lipinski definition) is 1. The standard InChI is InChI=1S/C13H21BrN2O/c1-16(10-5-3-2-4-6-10)11(9-15)12-7-8-13(14)17-12/h7-8,10-11H,2-6,9,15H2,1H3. The zero-order valence-electron chi connectivity index (χ0n) is 10.4. The highest BCUT2D eigenvalue weighted by Gasteiger charge is 2.26. The molecule has 0 radical (unpaired) electrons. The maximum Gasteiger partial charge on any atom is 0.169 e. The molecule has 1 heterocycles. The maximum atomic E-state index is 5.90. The summed E-state index contributed by atoms with van der Waals surface area (Å²) in [6.07, 6.45) is 6.63. The van der Waals surface area contributed by atoms with Gasteiger partial charge in [-0.15, -0.1) is 0 Å². The van der Waals surface area contributed by atoms with Crippen molar-refractivity contribution in [1.29, 1.82) is 0 Å². The Morgan fingerprint density at radius 2 is 2.12 bits per heavy atom. The van der Waals surface area contributed by atoms with Gasteiger partial charge in [-0.3, -0.25) is 4.90 Å². The highest BCUT2D eigenvalue weighted by molar-refractivity contribution is 9.10. The molecule has 17 heavy (non-hydrogen) atoms. The number of nitrogens with two attached hydrogens (primary N) is 1. The van der Waals surface area contributed by atoms with E-state index in [1.807, 2.05) is 12.1 Å². The van der Waals surface area contributed by atoms with Crippen LogP contribution >= 0.6 is 15.9 Å². The van der Waals surface area contributed by atoms with Crippen molar-refractivity contribution in [3.8, 4) is 0 Å². The molecule has 3 nitrogen and oxygen atoms in total. The fourth-order valence-electron chi connectivity index (χ4n) is 2.73. The van der Waals surface area contributed by atoms with Crippen LogP contribution in [0.5, 0.6) is 0 Å². The van der Waals surface area contributed by atoms with Crippen LogP contribution < -0.4 is 5.73 Å². The summed E-state index contributed by atoms with van der Waals surface area (Å²) in [7, 11) is 2.17. The van der Waals surface area contributed by atoms with Crippen LogP contribution in [0.25, 0.3) is 0 Å². The molecule has 4 heteroatoms. The molecule has 1 aromatic rings. The van der Waals surface area contributed by atoms with Crippen molar-refractivity contribution in [2.45, 2.75) is 44.2 Å². The predicted molar refractivity (Wildman–Crippen MR) is 72.8 cm³/mol. The number of rotatable bonds is 4. The number of nitrogens with zero attached hydrogens (tertiary/aromatic N) is 1. The van der Waals surface area contributed by atoms with Gasteiger partial charge in [-0.05, 0) is 48.0 Å². The predicted octanol–water partition coefficient (Wildman–Crippen LogP) is 3.31. The lowest BCUT2D eigenvalue weighted by Crippen LogP contribution is -2.39. The van der Waals surface area contributed by atoms with Gasteiger partial charge < -0.3 is 10.2 Å². The molecule has 0 aliphatic heterocycles. The molecule has 0 bridgehead atoms. The molecule has 0 aromatic carbocycles. The summed E-state index contributed by atoms with van der Waals surface area (Å²) in [5.41, 5.74) is 5.90. The summed E-state index contributed by atoms with van der Waals surface area (Å²) in [6, 6.07) is 4.80. The second-order valence-electron chi connectivity index (χ2n) is 4.85. The average molecular weight is 301 g/mol. The first-order chi connectivity index (χ1) is 8.22. The van der Waals surface area contributed by atoms with Crippen molar-refractivity contribution < 1.29 is 4.42 Å². The summed E-state index contributed by atoms with van der Waals surface area (Å²) < 4.78 is 6.42. The van der Waals surface area contributed by atoms with E-state index < -0.39 is 0 Å². The van der Waals surface area contributed by atoms with Crippen molar-refractivity contribution >= 4 is 15.9 Å². The van der Waals surface area contributed by atoms with Crippen LogP contribution in [0, 0.1) is 0 Å². The Balaban J connectivity index is 2.06. The van der Waals surface area contributed by atoms with Gasteiger partial charge in [0, 0.05) is 12.6 Å². The Kier molecular flexibility index (Phi) is 4.65. The SMILES string of the molecule is CN(C1CCCCC1)C(CN)c1ccc(Br)o1. The van der Waals surface area contributed by atoms with E-state index in [4.69, 9.17) is 10.2 Å². The third kappa shape index (κ3) is 3.12. The zero-order valence-corrected chi connectivity index (χ0v) is 11.9.